The second-order valence-electron chi connectivity index (χ2n) is 7.05. The van der Waals surface area contributed by atoms with E-state index in [4.69, 9.17) is 4.74 Å². The normalized spacial score (nSPS) is 11.4. The monoisotopic (exact) mass is 445 g/mol. The molecule has 31 heavy (non-hydrogen) atoms. The summed E-state index contributed by atoms with van der Waals surface area (Å²) >= 11 is 0. The zero-order valence-electron chi connectivity index (χ0n) is 17.2. The van der Waals surface area contributed by atoms with Crippen molar-refractivity contribution in [1.29, 1.82) is 0 Å². The summed E-state index contributed by atoms with van der Waals surface area (Å²) in [5.74, 6) is 0. The molecule has 9 nitrogen and oxygen atoms in total. The maximum absolute atomic E-state index is 11.8. The molecule has 1 heterocycles. The average molecular weight is 445 g/mol. The Kier molecular flexibility index (Phi) is 7.03. The number of rotatable bonds is 10. The van der Waals surface area contributed by atoms with Gasteiger partial charge in [-0.2, -0.15) is 5.10 Å². The molecule has 0 saturated heterocycles. The van der Waals surface area contributed by atoms with Gasteiger partial charge in [0.05, 0.1) is 23.8 Å². The van der Waals surface area contributed by atoms with Crippen LogP contribution in [-0.4, -0.2) is 43.2 Å². The fourth-order valence-corrected chi connectivity index (χ4v) is 3.69. The molecule has 0 fully saturated rings. The van der Waals surface area contributed by atoms with Gasteiger partial charge in [0.15, 0.2) is 9.84 Å². The number of ether oxygens (including phenoxy) is 1. The van der Waals surface area contributed by atoms with Gasteiger partial charge in [-0.25, -0.2) is 8.42 Å². The Morgan fingerprint density at radius 3 is 2.29 bits per heavy atom. The predicted octanol–water partition coefficient (Wildman–Crippen LogP) is 3.57. The van der Waals surface area contributed by atoms with Gasteiger partial charge in [-0.3, -0.25) is 5.10 Å². The van der Waals surface area contributed by atoms with Gasteiger partial charge in [-0.15, -0.1) is 10.1 Å². The molecule has 164 valence electrons. The lowest BCUT2D eigenvalue weighted by Crippen LogP contribution is -2.05. The van der Waals surface area contributed by atoms with Gasteiger partial charge in [-0.05, 0) is 31.0 Å². The largest absolute Gasteiger partial charge is 0.375 e. The summed E-state index contributed by atoms with van der Waals surface area (Å²) < 4.78 is 29.1. The van der Waals surface area contributed by atoms with Crippen LogP contribution in [0.3, 0.4) is 0 Å². The van der Waals surface area contributed by atoms with E-state index < -0.39 is 14.9 Å². The van der Waals surface area contributed by atoms with Crippen molar-refractivity contribution in [3.8, 4) is 22.4 Å². The third-order valence-electron chi connectivity index (χ3n) is 4.61. The van der Waals surface area contributed by atoms with E-state index in [1.54, 1.807) is 24.3 Å². The van der Waals surface area contributed by atoms with Gasteiger partial charge in [0.25, 0.3) is 5.09 Å². The van der Waals surface area contributed by atoms with Crippen molar-refractivity contribution < 1.29 is 23.1 Å². The van der Waals surface area contributed by atoms with E-state index in [1.807, 2.05) is 31.2 Å². The van der Waals surface area contributed by atoms with Crippen molar-refractivity contribution >= 4 is 9.84 Å². The number of H-pyrrole nitrogens is 1. The van der Waals surface area contributed by atoms with Gasteiger partial charge in [0, 0.05) is 24.0 Å². The molecule has 0 bridgehead atoms. The Hall–Kier alpha value is -3.24. The molecule has 0 aliphatic carbocycles. The summed E-state index contributed by atoms with van der Waals surface area (Å²) in [4.78, 5) is 14.7. The lowest BCUT2D eigenvalue weighted by molar-refractivity contribution is -0.757. The van der Waals surface area contributed by atoms with Crippen LogP contribution >= 0.6 is 0 Å². The minimum Gasteiger partial charge on any atom is -0.375 e. The van der Waals surface area contributed by atoms with Crippen LogP contribution in [0.2, 0.25) is 0 Å². The first-order valence-electron chi connectivity index (χ1n) is 9.55. The topological polar surface area (TPSA) is 124 Å². The first-order valence-corrected chi connectivity index (χ1v) is 11.4. The summed E-state index contributed by atoms with van der Waals surface area (Å²) in [7, 11) is -3.29. The number of aromatic nitrogens is 2. The molecule has 2 aromatic carbocycles. The first-order chi connectivity index (χ1) is 14.8. The Morgan fingerprint density at radius 1 is 1.03 bits per heavy atom. The highest BCUT2D eigenvalue weighted by molar-refractivity contribution is 7.90. The summed E-state index contributed by atoms with van der Waals surface area (Å²) in [6.45, 7) is 2.49. The molecule has 0 aliphatic rings. The fourth-order valence-electron chi connectivity index (χ4n) is 3.06. The molecule has 1 aromatic heterocycles. The van der Waals surface area contributed by atoms with E-state index in [1.165, 1.54) is 6.26 Å². The van der Waals surface area contributed by atoms with Crippen LogP contribution in [0, 0.1) is 17.0 Å². The van der Waals surface area contributed by atoms with Gasteiger partial charge < -0.3 is 9.57 Å². The van der Waals surface area contributed by atoms with Gasteiger partial charge in [0.2, 0.25) is 0 Å². The SMILES string of the molecule is Cc1ccc(-c2c(-c3ccc(S(C)(=O)=O)cc3)n[nH]c2COCCCO[N+](=O)[O-])cc1. The number of aromatic amines is 1. The number of hydrogen-bond donors (Lipinski definition) is 1. The van der Waals surface area contributed by atoms with E-state index in [0.29, 0.717) is 18.7 Å². The maximum Gasteiger partial charge on any atom is 0.294 e. The zero-order valence-corrected chi connectivity index (χ0v) is 18.0. The lowest BCUT2D eigenvalue weighted by Gasteiger charge is -2.09. The highest BCUT2D eigenvalue weighted by Crippen LogP contribution is 2.34. The number of nitrogens with zero attached hydrogens (tertiary/aromatic N) is 2. The molecule has 3 rings (SSSR count). The van der Waals surface area contributed by atoms with Crippen LogP contribution in [0.1, 0.15) is 17.7 Å². The number of nitrogens with one attached hydrogen (secondary N) is 1. The van der Waals surface area contributed by atoms with Crippen LogP contribution in [0.4, 0.5) is 0 Å². The predicted molar refractivity (Wildman–Crippen MR) is 115 cm³/mol. The van der Waals surface area contributed by atoms with Gasteiger partial charge in [-0.1, -0.05) is 42.0 Å². The smallest absolute Gasteiger partial charge is 0.294 e. The van der Waals surface area contributed by atoms with E-state index in [9.17, 15) is 18.5 Å². The van der Waals surface area contributed by atoms with Crippen molar-refractivity contribution in [1.82, 2.24) is 10.2 Å². The molecule has 0 aliphatic heterocycles. The van der Waals surface area contributed by atoms with Gasteiger partial charge >= 0.3 is 0 Å². The average Bonchev–Trinajstić information content (AvgIpc) is 3.14. The summed E-state index contributed by atoms with van der Waals surface area (Å²) in [6.07, 6.45) is 1.55. The summed E-state index contributed by atoms with van der Waals surface area (Å²) in [6, 6.07) is 14.5. The standard InChI is InChI=1S/C21H23N3O6S/c1-15-4-6-16(7-5-15)20-19(14-29-12-3-13-30-24(25)26)22-23-21(20)17-8-10-18(11-9-17)31(2,27)28/h4-11H,3,12-14H2,1-2H3,(H,22,23). The molecular weight excluding hydrogens is 422 g/mol. The minimum absolute atomic E-state index is 0.0290. The molecule has 0 atom stereocenters. The second-order valence-corrected chi connectivity index (χ2v) is 9.07. The molecule has 1 N–H and O–H groups in total. The third kappa shape index (κ3) is 5.89. The minimum atomic E-state index is -3.29. The van der Waals surface area contributed by atoms with E-state index >= 15 is 0 Å². The number of aryl methyl sites for hydroxylation is 1. The Morgan fingerprint density at radius 2 is 1.68 bits per heavy atom. The van der Waals surface area contributed by atoms with Crippen LogP contribution in [0.15, 0.2) is 53.4 Å². The van der Waals surface area contributed by atoms with E-state index in [0.717, 1.165) is 27.9 Å². The van der Waals surface area contributed by atoms with Crippen molar-refractivity contribution in [2.45, 2.75) is 24.8 Å². The molecule has 0 amide bonds. The highest BCUT2D eigenvalue weighted by atomic mass is 32.2. The lowest BCUT2D eigenvalue weighted by atomic mass is 9.98. The highest BCUT2D eigenvalue weighted by Gasteiger charge is 2.18. The Balaban J connectivity index is 1.86. The fraction of sp³-hybridized carbons (Fsp3) is 0.286. The number of hydrogen-bond acceptors (Lipinski definition) is 7. The third-order valence-corrected chi connectivity index (χ3v) is 5.74. The number of benzene rings is 2. The van der Waals surface area contributed by atoms with E-state index in [-0.39, 0.29) is 18.1 Å². The molecule has 0 saturated carbocycles. The summed E-state index contributed by atoms with van der Waals surface area (Å²) in [5, 5.41) is 16.8. The van der Waals surface area contributed by atoms with Crippen LogP contribution < -0.4 is 0 Å². The Bertz CT molecular complexity index is 1140. The maximum atomic E-state index is 11.8. The van der Waals surface area contributed by atoms with Crippen LogP contribution in [0.25, 0.3) is 22.4 Å². The quantitative estimate of drug-likeness (QED) is 0.287. The Labute approximate surface area is 180 Å². The van der Waals surface area contributed by atoms with Crippen molar-refractivity contribution in [2.24, 2.45) is 0 Å². The van der Waals surface area contributed by atoms with Crippen molar-refractivity contribution in [3.63, 3.8) is 0 Å². The van der Waals surface area contributed by atoms with Crippen LogP contribution in [0.5, 0.6) is 0 Å². The number of sulfone groups is 1. The zero-order chi connectivity index (χ0) is 22.4. The van der Waals surface area contributed by atoms with Crippen molar-refractivity contribution in [3.05, 3.63) is 69.9 Å². The summed E-state index contributed by atoms with van der Waals surface area (Å²) in [5.41, 5.74) is 5.12. The molecule has 0 spiro atoms. The van der Waals surface area contributed by atoms with E-state index in [2.05, 4.69) is 15.0 Å². The molecule has 0 radical (unpaired) electrons. The molecule has 10 heteroatoms. The second kappa shape index (κ2) is 9.71. The first kappa shape index (κ1) is 22.4. The molecular formula is C21H23N3O6S. The van der Waals surface area contributed by atoms with Crippen LogP contribution in [-0.2, 0) is 26.0 Å². The molecule has 0 unspecified atom stereocenters. The van der Waals surface area contributed by atoms with Gasteiger partial charge in [0.1, 0.15) is 5.69 Å². The van der Waals surface area contributed by atoms with Crippen molar-refractivity contribution in [2.75, 3.05) is 19.5 Å². The molecule has 3 aromatic rings.